The Morgan fingerprint density at radius 3 is 2.55 bits per heavy atom. The molecule has 5 atom stereocenters. The highest BCUT2D eigenvalue weighted by Gasteiger charge is 2.53. The number of rotatable bonds is 2. The van der Waals surface area contributed by atoms with E-state index in [9.17, 15) is 19.7 Å². The first-order chi connectivity index (χ1) is 10.4. The summed E-state index contributed by atoms with van der Waals surface area (Å²) < 4.78 is 5.42. The number of aryl methyl sites for hydroxylation is 1. The molecule has 2 fully saturated rings. The minimum absolute atomic E-state index is 0.147. The summed E-state index contributed by atoms with van der Waals surface area (Å²) in [5, 5.41) is 24.2. The second kappa shape index (κ2) is 5.04. The number of carbonyl (C=O) groups excluding carboxylic acids is 2. The molecule has 2 N–H and O–H groups in total. The molecule has 1 aliphatic heterocycles. The molecule has 22 heavy (non-hydrogen) atoms. The Morgan fingerprint density at radius 2 is 1.95 bits per heavy atom. The predicted molar refractivity (Wildman–Crippen MR) is 70.2 cm³/mol. The molecule has 10 nitrogen and oxygen atoms in total. The molecule has 1 saturated heterocycles. The number of nitro groups is 1. The van der Waals surface area contributed by atoms with Gasteiger partial charge >= 0.3 is 11.8 Å². The summed E-state index contributed by atoms with van der Waals surface area (Å²) in [6.45, 7) is 3.34. The van der Waals surface area contributed by atoms with Gasteiger partial charge in [-0.2, -0.15) is 0 Å². The third-order valence-electron chi connectivity index (χ3n) is 4.41. The fourth-order valence-corrected chi connectivity index (χ4v) is 3.33. The van der Waals surface area contributed by atoms with E-state index in [0.717, 1.165) is 0 Å². The normalized spacial score (nSPS) is 34.5. The predicted octanol–water partition coefficient (Wildman–Crippen LogP) is -0.870. The average Bonchev–Trinajstić information content (AvgIpc) is 2.86. The van der Waals surface area contributed by atoms with E-state index in [1.807, 2.05) is 0 Å². The van der Waals surface area contributed by atoms with Crippen LogP contribution in [0, 0.1) is 23.0 Å². The van der Waals surface area contributed by atoms with Crippen molar-refractivity contribution in [1.82, 2.24) is 20.8 Å². The third-order valence-corrected chi connectivity index (χ3v) is 4.41. The zero-order valence-corrected chi connectivity index (χ0v) is 12.0. The van der Waals surface area contributed by atoms with Gasteiger partial charge in [0.05, 0.1) is 18.0 Å². The van der Waals surface area contributed by atoms with Crippen LogP contribution in [0.4, 0.5) is 0 Å². The third kappa shape index (κ3) is 2.20. The van der Waals surface area contributed by atoms with Gasteiger partial charge in [-0.05, 0) is 0 Å². The highest BCUT2D eigenvalue weighted by atomic mass is 16.6. The molecule has 1 aromatic heterocycles. The highest BCUT2D eigenvalue weighted by molar-refractivity contribution is 6.35. The summed E-state index contributed by atoms with van der Waals surface area (Å²) in [5.41, 5.74) is 0. The molecule has 0 spiro atoms. The zero-order valence-electron chi connectivity index (χ0n) is 12.0. The Hall–Kier alpha value is -2.52. The van der Waals surface area contributed by atoms with Crippen molar-refractivity contribution < 1.29 is 18.9 Å². The first kappa shape index (κ1) is 14.4. The van der Waals surface area contributed by atoms with Crippen LogP contribution < -0.4 is 10.6 Å². The molecular formula is C12H15N5O5. The van der Waals surface area contributed by atoms with Crippen molar-refractivity contribution in [3.05, 3.63) is 21.9 Å². The number of piperazine rings is 1. The number of fused-ring (bicyclic) bond motifs is 1. The molecule has 0 bridgehead atoms. The van der Waals surface area contributed by atoms with E-state index in [4.69, 9.17) is 4.42 Å². The van der Waals surface area contributed by atoms with E-state index < -0.39 is 41.8 Å². The minimum atomic E-state index is -0.867. The first-order valence-corrected chi connectivity index (χ1v) is 6.93. The Balaban J connectivity index is 2.00. The monoisotopic (exact) mass is 309 g/mol. The van der Waals surface area contributed by atoms with Gasteiger partial charge in [-0.15, -0.1) is 10.2 Å². The van der Waals surface area contributed by atoms with E-state index in [0.29, 0.717) is 5.89 Å². The number of hydrogen-bond acceptors (Lipinski definition) is 7. The molecule has 1 saturated carbocycles. The standard InChI is InChI=1S/C12H15N5O5/c1-4-7(17(20)21)3-6-9(14-11(19)10(18)13-6)8(4)12-16-15-5(2)22-12/h4,6-9H,3H2,1-2H3,(H,13,18)(H,14,19). The van der Waals surface area contributed by atoms with E-state index in [2.05, 4.69) is 20.8 Å². The van der Waals surface area contributed by atoms with Gasteiger partial charge in [-0.25, -0.2) is 0 Å². The Labute approximate surface area is 124 Å². The maximum Gasteiger partial charge on any atom is 0.309 e. The summed E-state index contributed by atoms with van der Waals surface area (Å²) >= 11 is 0. The molecule has 2 amide bonds. The van der Waals surface area contributed by atoms with Crippen LogP contribution >= 0.6 is 0 Å². The number of amides is 2. The minimum Gasteiger partial charge on any atom is -0.425 e. The summed E-state index contributed by atoms with van der Waals surface area (Å²) in [6, 6.07) is -1.90. The van der Waals surface area contributed by atoms with Crippen LogP contribution in [-0.4, -0.2) is 45.1 Å². The van der Waals surface area contributed by atoms with Crippen LogP contribution in [0.2, 0.25) is 0 Å². The average molecular weight is 309 g/mol. The number of aromatic nitrogens is 2. The maximum absolute atomic E-state index is 11.6. The fourth-order valence-electron chi connectivity index (χ4n) is 3.33. The quantitative estimate of drug-likeness (QED) is 0.411. The van der Waals surface area contributed by atoms with Crippen molar-refractivity contribution in [2.45, 2.75) is 44.3 Å². The highest BCUT2D eigenvalue weighted by Crippen LogP contribution is 2.39. The lowest BCUT2D eigenvalue weighted by Gasteiger charge is -2.43. The molecule has 1 aromatic rings. The van der Waals surface area contributed by atoms with Crippen molar-refractivity contribution in [3.63, 3.8) is 0 Å². The number of hydrogen-bond donors (Lipinski definition) is 2. The number of carbonyl (C=O) groups is 2. The molecule has 2 heterocycles. The zero-order chi connectivity index (χ0) is 16.0. The molecule has 118 valence electrons. The maximum atomic E-state index is 11.6. The second-order valence-electron chi connectivity index (χ2n) is 5.71. The first-order valence-electron chi connectivity index (χ1n) is 6.93. The van der Waals surface area contributed by atoms with E-state index in [1.54, 1.807) is 13.8 Å². The summed E-state index contributed by atoms with van der Waals surface area (Å²) in [4.78, 5) is 34.1. The van der Waals surface area contributed by atoms with Gasteiger partial charge < -0.3 is 15.1 Å². The van der Waals surface area contributed by atoms with Crippen LogP contribution in [0.15, 0.2) is 4.42 Å². The number of nitrogens with one attached hydrogen (secondary N) is 2. The lowest BCUT2D eigenvalue weighted by atomic mass is 9.70. The van der Waals surface area contributed by atoms with Gasteiger partial charge in [0.1, 0.15) is 0 Å². The molecule has 0 aromatic carbocycles. The van der Waals surface area contributed by atoms with Crippen molar-refractivity contribution >= 4 is 11.8 Å². The summed E-state index contributed by atoms with van der Waals surface area (Å²) in [5.74, 6) is -1.91. The van der Waals surface area contributed by atoms with Crippen LogP contribution in [0.25, 0.3) is 0 Å². The largest absolute Gasteiger partial charge is 0.425 e. The van der Waals surface area contributed by atoms with E-state index in [1.165, 1.54) is 0 Å². The topological polar surface area (TPSA) is 140 Å². The van der Waals surface area contributed by atoms with Gasteiger partial charge in [0.15, 0.2) is 0 Å². The van der Waals surface area contributed by atoms with Crippen molar-refractivity contribution in [1.29, 1.82) is 0 Å². The molecule has 3 rings (SSSR count). The molecule has 5 unspecified atom stereocenters. The smallest absolute Gasteiger partial charge is 0.309 e. The van der Waals surface area contributed by atoms with Crippen molar-refractivity contribution in [3.8, 4) is 0 Å². The van der Waals surface area contributed by atoms with Gasteiger partial charge in [-0.1, -0.05) is 6.92 Å². The van der Waals surface area contributed by atoms with Crippen LogP contribution in [0.1, 0.15) is 31.0 Å². The molecule has 2 aliphatic rings. The van der Waals surface area contributed by atoms with Gasteiger partial charge in [-0.3, -0.25) is 19.7 Å². The van der Waals surface area contributed by atoms with Crippen molar-refractivity contribution in [2.24, 2.45) is 5.92 Å². The van der Waals surface area contributed by atoms with Gasteiger partial charge in [0.25, 0.3) is 0 Å². The molecule has 1 aliphatic carbocycles. The van der Waals surface area contributed by atoms with Crippen molar-refractivity contribution in [2.75, 3.05) is 0 Å². The van der Waals surface area contributed by atoms with Gasteiger partial charge in [0, 0.05) is 24.2 Å². The second-order valence-corrected chi connectivity index (χ2v) is 5.71. The van der Waals surface area contributed by atoms with E-state index >= 15 is 0 Å². The lowest BCUT2D eigenvalue weighted by Crippen LogP contribution is -2.68. The summed E-state index contributed by atoms with van der Waals surface area (Å²) in [7, 11) is 0. The molecule has 10 heteroatoms. The Bertz CT molecular complexity index is 644. The van der Waals surface area contributed by atoms with Crippen LogP contribution in [0.5, 0.6) is 0 Å². The molecule has 0 radical (unpaired) electrons. The van der Waals surface area contributed by atoms with E-state index in [-0.39, 0.29) is 17.2 Å². The summed E-state index contributed by atoms with van der Waals surface area (Å²) in [6.07, 6.45) is 0.147. The Kier molecular flexibility index (Phi) is 3.30. The molecular weight excluding hydrogens is 294 g/mol. The Morgan fingerprint density at radius 1 is 1.27 bits per heavy atom. The van der Waals surface area contributed by atoms with Crippen LogP contribution in [-0.2, 0) is 9.59 Å². The van der Waals surface area contributed by atoms with Gasteiger partial charge in [0.2, 0.25) is 17.8 Å². The fraction of sp³-hybridized carbons (Fsp3) is 0.667. The lowest BCUT2D eigenvalue weighted by molar-refractivity contribution is -0.536. The SMILES string of the molecule is Cc1nnc(C2C(C)C([N+](=O)[O-])CC3NC(=O)C(=O)NC32)o1. The number of nitrogens with zero attached hydrogens (tertiary/aromatic N) is 3. The van der Waals surface area contributed by atoms with Crippen LogP contribution in [0.3, 0.4) is 0 Å².